The van der Waals surface area contributed by atoms with Gasteiger partial charge in [-0.2, -0.15) is 0 Å². The molecule has 0 saturated carbocycles. The molecule has 1 N–H and O–H groups in total. The Morgan fingerprint density at radius 3 is 2.77 bits per heavy atom. The van der Waals surface area contributed by atoms with Gasteiger partial charge in [0.1, 0.15) is 22.9 Å². The molecule has 26 heavy (non-hydrogen) atoms. The van der Waals surface area contributed by atoms with Crippen LogP contribution in [-0.2, 0) is 27.8 Å². The number of amides is 1. The van der Waals surface area contributed by atoms with Gasteiger partial charge in [-0.1, -0.05) is 11.6 Å². The Kier molecular flexibility index (Phi) is 3.56. The van der Waals surface area contributed by atoms with Gasteiger partial charge in [0.15, 0.2) is 0 Å². The van der Waals surface area contributed by atoms with Crippen LogP contribution in [0.5, 0.6) is 0 Å². The molecule has 0 bridgehead atoms. The number of halogens is 1. The molecule has 2 aliphatic rings. The van der Waals surface area contributed by atoms with Crippen molar-refractivity contribution in [2.75, 3.05) is 5.32 Å². The number of nitrogens with one attached hydrogen (secondary N) is 1. The second-order valence-electron chi connectivity index (χ2n) is 7.61. The maximum atomic E-state index is 12.7. The summed E-state index contributed by atoms with van der Waals surface area (Å²) < 4.78 is 5.40. The number of fused-ring (bicyclic) bond motifs is 3. The van der Waals surface area contributed by atoms with Gasteiger partial charge in [0.2, 0.25) is 5.91 Å². The first-order valence-electron chi connectivity index (χ1n) is 8.23. The number of carbonyl (C=O) groups is 2. The van der Waals surface area contributed by atoms with E-state index in [0.29, 0.717) is 29.8 Å². The largest absolute Gasteiger partial charge is 0.456 e. The van der Waals surface area contributed by atoms with Crippen LogP contribution in [0.4, 0.5) is 5.82 Å². The van der Waals surface area contributed by atoms with E-state index >= 15 is 0 Å². The average molecular weight is 373 g/mol. The predicted molar refractivity (Wildman–Crippen MR) is 94.2 cm³/mol. The third-order valence-electron chi connectivity index (χ3n) is 4.60. The molecule has 1 atom stereocenters. The number of hydrogen-bond acceptors (Lipinski definition) is 6. The average Bonchev–Trinajstić information content (AvgIpc) is 3.04. The maximum absolute atomic E-state index is 12.7. The van der Waals surface area contributed by atoms with Gasteiger partial charge >= 0.3 is 5.97 Å². The second-order valence-corrected chi connectivity index (χ2v) is 7.97. The first-order chi connectivity index (χ1) is 12.2. The van der Waals surface area contributed by atoms with Crippen molar-refractivity contribution in [3.63, 3.8) is 0 Å². The first kappa shape index (κ1) is 16.9. The van der Waals surface area contributed by atoms with E-state index in [2.05, 4.69) is 20.3 Å². The summed E-state index contributed by atoms with van der Waals surface area (Å²) in [5.74, 6) is -0.173. The number of esters is 1. The standard InChI is InChI=1S/C18H17ClN4O3/c1-17(2,3)26-15(24)10-4-9-5-18(6-11(9)20-7-10)12-13(19)21-8-22-14(12)23-16(18)25/h4,7-8H,5-6H2,1-3H3,(H,21,22,23,25). The molecule has 1 amide bonds. The van der Waals surface area contributed by atoms with E-state index in [1.54, 1.807) is 6.07 Å². The molecule has 3 heterocycles. The van der Waals surface area contributed by atoms with Crippen molar-refractivity contribution in [1.82, 2.24) is 15.0 Å². The highest BCUT2D eigenvalue weighted by Gasteiger charge is 2.53. The van der Waals surface area contributed by atoms with Gasteiger partial charge in [-0.05, 0) is 38.8 Å². The number of anilines is 1. The zero-order valence-corrected chi connectivity index (χ0v) is 15.3. The summed E-state index contributed by atoms with van der Waals surface area (Å²) >= 11 is 6.26. The molecule has 4 rings (SSSR count). The van der Waals surface area contributed by atoms with Crippen LogP contribution in [0.15, 0.2) is 18.6 Å². The van der Waals surface area contributed by atoms with Gasteiger partial charge in [0, 0.05) is 23.9 Å². The van der Waals surface area contributed by atoms with Crippen molar-refractivity contribution in [1.29, 1.82) is 0 Å². The number of pyridine rings is 1. The SMILES string of the molecule is CC(C)(C)OC(=O)c1cnc2c(c1)CC1(C2)C(=O)Nc2ncnc(Cl)c21. The molecule has 2 aromatic rings. The molecular formula is C18H17ClN4O3. The van der Waals surface area contributed by atoms with Crippen LogP contribution < -0.4 is 5.32 Å². The molecular weight excluding hydrogens is 356 g/mol. The molecule has 0 aromatic carbocycles. The third-order valence-corrected chi connectivity index (χ3v) is 4.89. The van der Waals surface area contributed by atoms with E-state index in [9.17, 15) is 9.59 Å². The van der Waals surface area contributed by atoms with Gasteiger partial charge in [-0.3, -0.25) is 9.78 Å². The van der Waals surface area contributed by atoms with Crippen molar-refractivity contribution in [2.45, 2.75) is 44.6 Å². The Morgan fingerprint density at radius 2 is 2.04 bits per heavy atom. The van der Waals surface area contributed by atoms with Crippen molar-refractivity contribution < 1.29 is 14.3 Å². The minimum atomic E-state index is -0.879. The van der Waals surface area contributed by atoms with Crippen LogP contribution in [0.25, 0.3) is 0 Å². The third kappa shape index (κ3) is 2.54. The molecule has 7 nitrogen and oxygen atoms in total. The molecule has 0 radical (unpaired) electrons. The van der Waals surface area contributed by atoms with Crippen LogP contribution in [0, 0.1) is 0 Å². The van der Waals surface area contributed by atoms with Crippen molar-refractivity contribution in [2.24, 2.45) is 0 Å². The number of hydrogen-bond donors (Lipinski definition) is 1. The quantitative estimate of drug-likeness (QED) is 0.610. The van der Waals surface area contributed by atoms with Crippen LogP contribution in [0.3, 0.4) is 0 Å². The highest BCUT2D eigenvalue weighted by atomic mass is 35.5. The summed E-state index contributed by atoms with van der Waals surface area (Å²) in [6, 6.07) is 1.74. The molecule has 8 heteroatoms. The lowest BCUT2D eigenvalue weighted by Gasteiger charge is -2.20. The van der Waals surface area contributed by atoms with Crippen molar-refractivity contribution >= 4 is 29.3 Å². The fourth-order valence-corrected chi connectivity index (χ4v) is 3.85. The number of carbonyl (C=O) groups excluding carboxylic acids is 2. The minimum absolute atomic E-state index is 0.174. The molecule has 1 aliphatic heterocycles. The van der Waals surface area contributed by atoms with Crippen LogP contribution in [-0.4, -0.2) is 32.4 Å². The van der Waals surface area contributed by atoms with E-state index < -0.39 is 17.0 Å². The fourth-order valence-electron chi connectivity index (χ4n) is 3.53. The van der Waals surface area contributed by atoms with Gasteiger partial charge in [-0.15, -0.1) is 0 Å². The van der Waals surface area contributed by atoms with Crippen LogP contribution in [0.1, 0.15) is 48.0 Å². The summed E-state index contributed by atoms with van der Waals surface area (Å²) in [5.41, 5.74) is 1.09. The van der Waals surface area contributed by atoms with Crippen molar-refractivity contribution in [3.8, 4) is 0 Å². The zero-order chi connectivity index (χ0) is 18.7. The Hall–Kier alpha value is -2.54. The monoisotopic (exact) mass is 372 g/mol. The molecule has 2 aromatic heterocycles. The highest BCUT2D eigenvalue weighted by molar-refractivity contribution is 6.31. The fraction of sp³-hybridized carbons (Fsp3) is 0.389. The Morgan fingerprint density at radius 1 is 1.27 bits per heavy atom. The minimum Gasteiger partial charge on any atom is -0.456 e. The molecule has 1 spiro atoms. The number of nitrogens with zero attached hydrogens (tertiary/aromatic N) is 3. The van der Waals surface area contributed by atoms with E-state index in [1.807, 2.05) is 20.8 Å². The lowest BCUT2D eigenvalue weighted by atomic mass is 9.80. The summed E-state index contributed by atoms with van der Waals surface area (Å²) in [6.45, 7) is 5.42. The zero-order valence-electron chi connectivity index (χ0n) is 14.6. The molecule has 0 saturated heterocycles. The van der Waals surface area contributed by atoms with Gasteiger partial charge in [0.25, 0.3) is 0 Å². The van der Waals surface area contributed by atoms with Gasteiger partial charge in [-0.25, -0.2) is 14.8 Å². The predicted octanol–water partition coefficient (Wildman–Crippen LogP) is 2.47. The highest BCUT2D eigenvalue weighted by Crippen LogP contribution is 2.48. The van der Waals surface area contributed by atoms with Crippen molar-refractivity contribution in [3.05, 3.63) is 46.1 Å². The second kappa shape index (κ2) is 5.48. The van der Waals surface area contributed by atoms with E-state index in [0.717, 1.165) is 11.3 Å². The normalized spacial score (nSPS) is 20.7. The Labute approximate surface area is 155 Å². The van der Waals surface area contributed by atoms with Gasteiger partial charge in [0.05, 0.1) is 11.0 Å². The summed E-state index contributed by atoms with van der Waals surface area (Å²) in [6.07, 6.45) is 3.59. The van der Waals surface area contributed by atoms with Crippen LogP contribution in [0.2, 0.25) is 5.15 Å². The van der Waals surface area contributed by atoms with Gasteiger partial charge < -0.3 is 10.1 Å². The molecule has 0 fully saturated rings. The topological polar surface area (TPSA) is 94.1 Å². The summed E-state index contributed by atoms with van der Waals surface area (Å²) in [4.78, 5) is 37.6. The van der Waals surface area contributed by atoms with E-state index in [-0.39, 0.29) is 11.1 Å². The molecule has 1 aliphatic carbocycles. The number of aromatic nitrogens is 3. The molecule has 1 unspecified atom stereocenters. The van der Waals surface area contributed by atoms with Crippen LogP contribution >= 0.6 is 11.6 Å². The first-order valence-corrected chi connectivity index (χ1v) is 8.61. The Balaban J connectivity index is 1.71. The Bertz CT molecular complexity index is 954. The smallest absolute Gasteiger partial charge is 0.340 e. The summed E-state index contributed by atoms with van der Waals surface area (Å²) in [5, 5.41) is 3.04. The maximum Gasteiger partial charge on any atom is 0.340 e. The van der Waals surface area contributed by atoms with E-state index in [4.69, 9.17) is 16.3 Å². The lowest BCUT2D eigenvalue weighted by molar-refractivity contribution is -0.120. The number of rotatable bonds is 1. The summed E-state index contributed by atoms with van der Waals surface area (Å²) in [7, 11) is 0. The van der Waals surface area contributed by atoms with E-state index in [1.165, 1.54) is 12.5 Å². The molecule has 134 valence electrons. The lowest BCUT2D eigenvalue weighted by Crippen LogP contribution is -2.35. The number of ether oxygens (including phenoxy) is 1.